The Hall–Kier alpha value is -2.93. The Balaban J connectivity index is 1.98. The number of aromatic nitrogens is 2. The SMILES string of the molecule is N#CCC(=O)c1ccc2ncn(Cc3ccccc3)c2c1. The summed E-state index contributed by atoms with van der Waals surface area (Å²) in [5.74, 6) is -0.160. The first-order valence-corrected chi connectivity index (χ1v) is 6.67. The molecule has 4 heteroatoms. The minimum Gasteiger partial charge on any atom is -0.326 e. The van der Waals surface area contributed by atoms with E-state index in [0.29, 0.717) is 12.1 Å². The molecule has 0 aliphatic heterocycles. The van der Waals surface area contributed by atoms with Crippen LogP contribution in [0.15, 0.2) is 54.9 Å². The Labute approximate surface area is 122 Å². The fourth-order valence-corrected chi connectivity index (χ4v) is 2.31. The molecule has 0 radical (unpaired) electrons. The number of carbonyl (C=O) groups is 1. The summed E-state index contributed by atoms with van der Waals surface area (Å²) in [5.41, 5.74) is 3.48. The van der Waals surface area contributed by atoms with Gasteiger partial charge in [-0.15, -0.1) is 0 Å². The van der Waals surface area contributed by atoms with Gasteiger partial charge in [0.25, 0.3) is 0 Å². The van der Waals surface area contributed by atoms with Gasteiger partial charge in [-0.2, -0.15) is 5.26 Å². The zero-order valence-corrected chi connectivity index (χ0v) is 11.4. The van der Waals surface area contributed by atoms with Gasteiger partial charge in [0.2, 0.25) is 0 Å². The number of imidazole rings is 1. The number of carbonyl (C=O) groups excluding carboxylic acids is 1. The maximum atomic E-state index is 11.8. The Morgan fingerprint density at radius 3 is 2.76 bits per heavy atom. The summed E-state index contributed by atoms with van der Waals surface area (Å²) in [4.78, 5) is 16.2. The molecule has 0 aliphatic carbocycles. The molecule has 0 saturated carbocycles. The van der Waals surface area contributed by atoms with Crippen molar-refractivity contribution >= 4 is 16.8 Å². The third-order valence-electron chi connectivity index (χ3n) is 3.38. The van der Waals surface area contributed by atoms with E-state index in [1.165, 1.54) is 5.56 Å². The summed E-state index contributed by atoms with van der Waals surface area (Å²) in [6.45, 7) is 0.702. The van der Waals surface area contributed by atoms with Crippen LogP contribution in [0.5, 0.6) is 0 Å². The van der Waals surface area contributed by atoms with Crippen molar-refractivity contribution in [1.29, 1.82) is 5.26 Å². The number of Topliss-reactive ketones (excluding diaryl/α,β-unsaturated/α-hetero) is 1. The highest BCUT2D eigenvalue weighted by molar-refractivity contribution is 5.99. The van der Waals surface area contributed by atoms with Gasteiger partial charge in [-0.25, -0.2) is 4.98 Å². The van der Waals surface area contributed by atoms with E-state index in [9.17, 15) is 4.79 Å². The van der Waals surface area contributed by atoms with E-state index >= 15 is 0 Å². The third kappa shape index (κ3) is 2.67. The number of fused-ring (bicyclic) bond motifs is 1. The smallest absolute Gasteiger partial charge is 0.176 e. The van der Waals surface area contributed by atoms with E-state index in [4.69, 9.17) is 5.26 Å². The van der Waals surface area contributed by atoms with Crippen molar-refractivity contribution in [3.63, 3.8) is 0 Å². The predicted molar refractivity (Wildman–Crippen MR) is 79.8 cm³/mol. The van der Waals surface area contributed by atoms with E-state index in [0.717, 1.165) is 11.0 Å². The lowest BCUT2D eigenvalue weighted by atomic mass is 10.1. The zero-order valence-electron chi connectivity index (χ0n) is 11.4. The zero-order chi connectivity index (χ0) is 14.7. The summed E-state index contributed by atoms with van der Waals surface area (Å²) < 4.78 is 2.01. The monoisotopic (exact) mass is 275 g/mol. The van der Waals surface area contributed by atoms with Crippen LogP contribution >= 0.6 is 0 Å². The molecule has 3 aromatic rings. The molecule has 102 valence electrons. The highest BCUT2D eigenvalue weighted by Gasteiger charge is 2.09. The summed E-state index contributed by atoms with van der Waals surface area (Å²) in [6, 6.07) is 17.3. The van der Waals surface area contributed by atoms with E-state index < -0.39 is 0 Å². The maximum absolute atomic E-state index is 11.8. The topological polar surface area (TPSA) is 58.7 Å². The molecule has 0 amide bonds. The Morgan fingerprint density at radius 1 is 1.19 bits per heavy atom. The number of nitrogens with zero attached hydrogens (tertiary/aromatic N) is 3. The van der Waals surface area contributed by atoms with E-state index in [2.05, 4.69) is 17.1 Å². The number of ketones is 1. The summed E-state index contributed by atoms with van der Waals surface area (Å²) >= 11 is 0. The van der Waals surface area contributed by atoms with Crippen molar-refractivity contribution in [3.05, 3.63) is 66.0 Å². The van der Waals surface area contributed by atoms with Crippen LogP contribution in [0, 0.1) is 11.3 Å². The number of hydrogen-bond acceptors (Lipinski definition) is 3. The van der Waals surface area contributed by atoms with Crippen LogP contribution in [0.3, 0.4) is 0 Å². The second kappa shape index (κ2) is 5.59. The van der Waals surface area contributed by atoms with E-state index in [-0.39, 0.29) is 12.2 Å². The van der Waals surface area contributed by atoms with Crippen molar-refractivity contribution in [3.8, 4) is 6.07 Å². The van der Waals surface area contributed by atoms with Crippen LogP contribution in [0.4, 0.5) is 0 Å². The maximum Gasteiger partial charge on any atom is 0.176 e. The second-order valence-corrected chi connectivity index (χ2v) is 4.82. The van der Waals surface area contributed by atoms with Crippen LogP contribution in [-0.2, 0) is 6.54 Å². The van der Waals surface area contributed by atoms with Gasteiger partial charge in [-0.1, -0.05) is 30.3 Å². The number of hydrogen-bond donors (Lipinski definition) is 0. The molecular formula is C17H13N3O. The molecule has 0 bridgehead atoms. The molecule has 1 aromatic heterocycles. The predicted octanol–water partition coefficient (Wildman–Crippen LogP) is 3.18. The first kappa shape index (κ1) is 13.1. The molecule has 3 rings (SSSR count). The fourth-order valence-electron chi connectivity index (χ4n) is 2.31. The first-order chi connectivity index (χ1) is 10.3. The van der Waals surface area contributed by atoms with Gasteiger partial charge in [0, 0.05) is 12.1 Å². The Kier molecular flexibility index (Phi) is 3.48. The minimum absolute atomic E-state index is 0.0989. The quantitative estimate of drug-likeness (QED) is 0.687. The van der Waals surface area contributed by atoms with Crippen molar-refractivity contribution in [2.45, 2.75) is 13.0 Å². The molecule has 0 spiro atoms. The molecule has 21 heavy (non-hydrogen) atoms. The molecule has 0 aliphatic rings. The van der Waals surface area contributed by atoms with Crippen molar-refractivity contribution < 1.29 is 4.79 Å². The summed E-state index contributed by atoms with van der Waals surface area (Å²) in [7, 11) is 0. The molecule has 0 fully saturated rings. The molecule has 0 unspecified atom stereocenters. The van der Waals surface area contributed by atoms with E-state index in [1.54, 1.807) is 12.4 Å². The minimum atomic E-state index is -0.160. The van der Waals surface area contributed by atoms with Crippen LogP contribution < -0.4 is 0 Å². The number of rotatable bonds is 4. The van der Waals surface area contributed by atoms with Gasteiger partial charge in [0.05, 0.1) is 29.9 Å². The lowest BCUT2D eigenvalue weighted by molar-refractivity contribution is 0.0998. The average Bonchev–Trinajstić information content (AvgIpc) is 2.91. The second-order valence-electron chi connectivity index (χ2n) is 4.82. The lowest BCUT2D eigenvalue weighted by Gasteiger charge is -2.05. The van der Waals surface area contributed by atoms with Gasteiger partial charge in [-0.3, -0.25) is 4.79 Å². The molecular weight excluding hydrogens is 262 g/mol. The fraction of sp³-hybridized carbons (Fsp3) is 0.118. The highest BCUT2D eigenvalue weighted by Crippen LogP contribution is 2.17. The lowest BCUT2D eigenvalue weighted by Crippen LogP contribution is -2.00. The standard InChI is InChI=1S/C17H13N3O/c18-9-8-17(21)14-6-7-15-16(10-14)20(12-19-15)11-13-4-2-1-3-5-13/h1-7,10,12H,8,11H2. The van der Waals surface area contributed by atoms with Crippen LogP contribution in [0.2, 0.25) is 0 Å². The van der Waals surface area contributed by atoms with Gasteiger partial charge >= 0.3 is 0 Å². The molecule has 0 saturated heterocycles. The van der Waals surface area contributed by atoms with Crippen molar-refractivity contribution in [2.75, 3.05) is 0 Å². The van der Waals surface area contributed by atoms with Gasteiger partial charge in [-0.05, 0) is 23.8 Å². The van der Waals surface area contributed by atoms with E-state index in [1.807, 2.05) is 41.0 Å². The van der Waals surface area contributed by atoms with Crippen LogP contribution in [0.1, 0.15) is 22.3 Å². The van der Waals surface area contributed by atoms with Crippen LogP contribution in [0.25, 0.3) is 11.0 Å². The normalized spacial score (nSPS) is 10.4. The first-order valence-electron chi connectivity index (χ1n) is 6.67. The largest absolute Gasteiger partial charge is 0.326 e. The molecule has 2 aromatic carbocycles. The van der Waals surface area contributed by atoms with Crippen LogP contribution in [-0.4, -0.2) is 15.3 Å². The molecule has 1 heterocycles. The number of benzene rings is 2. The highest BCUT2D eigenvalue weighted by atomic mass is 16.1. The average molecular weight is 275 g/mol. The van der Waals surface area contributed by atoms with Crippen molar-refractivity contribution in [1.82, 2.24) is 9.55 Å². The van der Waals surface area contributed by atoms with Gasteiger partial charge in [0.15, 0.2) is 5.78 Å². The molecule has 4 nitrogen and oxygen atoms in total. The number of nitriles is 1. The molecule has 0 N–H and O–H groups in total. The molecule has 0 atom stereocenters. The third-order valence-corrected chi connectivity index (χ3v) is 3.38. The van der Waals surface area contributed by atoms with Gasteiger partial charge < -0.3 is 4.57 Å². The Bertz CT molecular complexity index is 828. The Morgan fingerprint density at radius 2 is 2.00 bits per heavy atom. The summed E-state index contributed by atoms with van der Waals surface area (Å²) in [6.07, 6.45) is 1.68. The summed E-state index contributed by atoms with van der Waals surface area (Å²) in [5, 5.41) is 8.63. The van der Waals surface area contributed by atoms with Gasteiger partial charge in [0.1, 0.15) is 0 Å². The van der Waals surface area contributed by atoms with Crippen molar-refractivity contribution in [2.24, 2.45) is 0 Å².